The zero-order chi connectivity index (χ0) is 22.2. The van der Waals surface area contributed by atoms with Crippen LogP contribution in [0.1, 0.15) is 17.5 Å². The number of aliphatic imine (C=N–C) groups is 1. The Bertz CT molecular complexity index is 1170. The van der Waals surface area contributed by atoms with Crippen molar-refractivity contribution < 1.29 is 18.0 Å². The van der Waals surface area contributed by atoms with E-state index < -0.39 is 17.6 Å². The Hall–Kier alpha value is -3.68. The number of carbonyl (C=O) groups excluding carboxylic acids is 1. The van der Waals surface area contributed by atoms with Gasteiger partial charge in [0.1, 0.15) is 0 Å². The van der Waals surface area contributed by atoms with Crippen LogP contribution in [0.2, 0.25) is 0 Å². The van der Waals surface area contributed by atoms with E-state index in [-0.39, 0.29) is 23.5 Å². The average Bonchev–Trinajstić information content (AvgIpc) is 2.90. The van der Waals surface area contributed by atoms with E-state index in [1.165, 1.54) is 25.1 Å². The molecule has 1 aliphatic heterocycles. The third-order valence-corrected chi connectivity index (χ3v) is 4.97. The van der Waals surface area contributed by atoms with E-state index >= 15 is 0 Å². The number of benzene rings is 2. The van der Waals surface area contributed by atoms with Gasteiger partial charge < -0.3 is 10.2 Å². The highest BCUT2D eigenvalue weighted by Crippen LogP contribution is 2.43. The van der Waals surface area contributed by atoms with Gasteiger partial charge in [0, 0.05) is 26.5 Å². The van der Waals surface area contributed by atoms with Crippen LogP contribution in [0.15, 0.2) is 65.9 Å². The summed E-state index contributed by atoms with van der Waals surface area (Å²) in [5.41, 5.74) is 2.58. The Morgan fingerprint density at radius 1 is 0.968 bits per heavy atom. The predicted octanol–water partition coefficient (Wildman–Crippen LogP) is 5.30. The smallest absolute Gasteiger partial charge is 0.377 e. The van der Waals surface area contributed by atoms with Crippen LogP contribution in [0.3, 0.4) is 0 Å². The Morgan fingerprint density at radius 3 is 2.35 bits per heavy atom. The highest BCUT2D eigenvalue weighted by atomic mass is 19.4. The number of halogens is 3. The van der Waals surface area contributed by atoms with Crippen LogP contribution < -0.4 is 10.2 Å². The highest BCUT2D eigenvalue weighted by Gasteiger charge is 2.35. The lowest BCUT2D eigenvalue weighted by atomic mass is 10.0. The van der Waals surface area contributed by atoms with Gasteiger partial charge >= 0.3 is 6.18 Å². The zero-order valence-electron chi connectivity index (χ0n) is 16.9. The van der Waals surface area contributed by atoms with Crippen LogP contribution in [-0.4, -0.2) is 30.7 Å². The lowest BCUT2D eigenvalue weighted by Gasteiger charge is -2.21. The van der Waals surface area contributed by atoms with Gasteiger partial charge in [-0.1, -0.05) is 18.2 Å². The Morgan fingerprint density at radius 2 is 1.68 bits per heavy atom. The highest BCUT2D eigenvalue weighted by molar-refractivity contribution is 6.17. The van der Waals surface area contributed by atoms with E-state index in [1.54, 1.807) is 12.4 Å². The molecule has 0 radical (unpaired) electrons. The van der Waals surface area contributed by atoms with E-state index in [2.05, 4.69) is 15.3 Å². The quantitative estimate of drug-likeness (QED) is 0.621. The van der Waals surface area contributed by atoms with E-state index in [0.29, 0.717) is 5.71 Å². The summed E-state index contributed by atoms with van der Waals surface area (Å²) in [5.74, 6) is -0.419. The summed E-state index contributed by atoms with van der Waals surface area (Å²) in [6.45, 7) is 0. The molecular formula is C23H19F3N4O. The lowest BCUT2D eigenvalue weighted by molar-refractivity contribution is -0.137. The van der Waals surface area contributed by atoms with Crippen molar-refractivity contribution in [3.8, 4) is 11.1 Å². The summed E-state index contributed by atoms with van der Waals surface area (Å²) in [6.07, 6.45) is -1.23. The van der Waals surface area contributed by atoms with Crippen LogP contribution >= 0.6 is 0 Å². The molecule has 0 unspecified atom stereocenters. The molecule has 4 rings (SSSR count). The number of aromatic nitrogens is 1. The molecule has 0 fully saturated rings. The van der Waals surface area contributed by atoms with Crippen LogP contribution in [0.5, 0.6) is 0 Å². The monoisotopic (exact) mass is 424 g/mol. The third kappa shape index (κ3) is 4.28. The van der Waals surface area contributed by atoms with Gasteiger partial charge in [-0.15, -0.1) is 0 Å². The molecule has 1 N–H and O–H groups in total. The van der Waals surface area contributed by atoms with Crippen molar-refractivity contribution in [1.29, 1.82) is 0 Å². The number of hydrogen-bond acceptors (Lipinski definition) is 4. The normalized spacial score (nSPS) is 13.7. The van der Waals surface area contributed by atoms with Crippen molar-refractivity contribution in [2.75, 3.05) is 24.3 Å². The van der Waals surface area contributed by atoms with Crippen LogP contribution in [0, 0.1) is 0 Å². The zero-order valence-corrected chi connectivity index (χ0v) is 16.9. The maximum atomic E-state index is 13.5. The Kier molecular flexibility index (Phi) is 5.22. The number of anilines is 2. The number of alkyl halides is 3. The first-order valence-electron chi connectivity index (χ1n) is 9.53. The number of fused-ring (bicyclic) bond motifs is 1. The Balaban J connectivity index is 1.83. The van der Waals surface area contributed by atoms with Crippen molar-refractivity contribution in [1.82, 2.24) is 4.98 Å². The van der Waals surface area contributed by atoms with Crippen molar-refractivity contribution in [3.63, 3.8) is 0 Å². The number of pyridine rings is 1. The number of hydrogen-bond donors (Lipinski definition) is 1. The summed E-state index contributed by atoms with van der Waals surface area (Å²) in [4.78, 5) is 22.5. The molecular weight excluding hydrogens is 405 g/mol. The van der Waals surface area contributed by atoms with Gasteiger partial charge in [0.05, 0.1) is 34.8 Å². The van der Waals surface area contributed by atoms with Gasteiger partial charge in [-0.05, 0) is 47.0 Å². The fourth-order valence-corrected chi connectivity index (χ4v) is 3.49. The molecule has 3 aromatic rings. The third-order valence-electron chi connectivity index (χ3n) is 4.97. The molecule has 2 heterocycles. The number of carbonyl (C=O) groups is 1. The van der Waals surface area contributed by atoms with Crippen molar-refractivity contribution in [2.45, 2.75) is 12.6 Å². The second-order valence-electron chi connectivity index (χ2n) is 7.38. The van der Waals surface area contributed by atoms with Crippen LogP contribution in [0.25, 0.3) is 11.1 Å². The summed E-state index contributed by atoms with van der Waals surface area (Å²) < 4.78 is 40.6. The average molecular weight is 424 g/mol. The molecule has 8 heteroatoms. The summed E-state index contributed by atoms with van der Waals surface area (Å²) in [5, 5.41) is 2.57. The Labute approximate surface area is 177 Å². The maximum Gasteiger partial charge on any atom is 0.418 e. The second-order valence-corrected chi connectivity index (χ2v) is 7.38. The van der Waals surface area contributed by atoms with Crippen LogP contribution in [0.4, 0.5) is 30.2 Å². The molecule has 31 heavy (non-hydrogen) atoms. The fourth-order valence-electron chi connectivity index (χ4n) is 3.49. The largest absolute Gasteiger partial charge is 0.418 e. The van der Waals surface area contributed by atoms with E-state index in [0.717, 1.165) is 22.8 Å². The van der Waals surface area contributed by atoms with Crippen molar-refractivity contribution >= 4 is 28.7 Å². The first kappa shape index (κ1) is 20.6. The van der Waals surface area contributed by atoms with Crippen molar-refractivity contribution in [2.24, 2.45) is 4.99 Å². The van der Waals surface area contributed by atoms with Crippen LogP contribution in [-0.2, 0) is 11.0 Å². The molecule has 0 saturated heterocycles. The number of rotatable bonds is 3. The summed E-state index contributed by atoms with van der Waals surface area (Å²) >= 11 is 0. The van der Waals surface area contributed by atoms with Crippen molar-refractivity contribution in [3.05, 3.63) is 72.1 Å². The molecule has 2 aromatic carbocycles. The number of amides is 1. The molecule has 158 valence electrons. The maximum absolute atomic E-state index is 13.5. The number of nitrogens with zero attached hydrogens (tertiary/aromatic N) is 3. The second kappa shape index (κ2) is 7.86. The van der Waals surface area contributed by atoms with Gasteiger partial charge in [-0.25, -0.2) is 0 Å². The molecule has 1 aromatic heterocycles. The molecule has 0 atom stereocenters. The molecule has 0 bridgehead atoms. The minimum atomic E-state index is -4.56. The first-order chi connectivity index (χ1) is 14.7. The van der Waals surface area contributed by atoms with Gasteiger partial charge in [-0.3, -0.25) is 14.8 Å². The molecule has 5 nitrogen and oxygen atoms in total. The van der Waals surface area contributed by atoms with E-state index in [4.69, 9.17) is 0 Å². The van der Waals surface area contributed by atoms with Gasteiger partial charge in [-0.2, -0.15) is 13.2 Å². The van der Waals surface area contributed by atoms with Gasteiger partial charge in [0.15, 0.2) is 0 Å². The topological polar surface area (TPSA) is 57.6 Å². The number of nitrogens with one attached hydrogen (secondary N) is 1. The van der Waals surface area contributed by atoms with E-state index in [1.807, 2.05) is 36.4 Å². The minimum absolute atomic E-state index is 0.0176. The fraction of sp³-hybridized carbons (Fsp3) is 0.174. The minimum Gasteiger partial charge on any atom is -0.377 e. The van der Waals surface area contributed by atoms with Gasteiger partial charge in [0.2, 0.25) is 5.91 Å². The lowest BCUT2D eigenvalue weighted by Crippen LogP contribution is -2.18. The molecule has 1 amide bonds. The summed E-state index contributed by atoms with van der Waals surface area (Å²) in [7, 11) is 3.07. The predicted molar refractivity (Wildman–Crippen MR) is 115 cm³/mol. The molecule has 1 aliphatic rings. The molecule has 0 aliphatic carbocycles. The first-order valence-corrected chi connectivity index (χ1v) is 9.53. The molecule has 0 spiro atoms. The standard InChI is InChI=1S/C23H19F3N4O/c1-30(2)21-12-20-19(11-17(21)23(24,25)26)29-22(31)13-18(28-20)16-5-3-4-15(10-16)14-6-8-27-9-7-14/h3-12H,13H2,1-2H3,(H,29,31). The SMILES string of the molecule is CN(C)c1cc2c(cc1C(F)(F)F)NC(=O)CC(c1cccc(-c3ccncc3)c1)=N2. The van der Waals surface area contributed by atoms with Gasteiger partial charge in [0.25, 0.3) is 0 Å². The molecule has 0 saturated carbocycles. The van der Waals surface area contributed by atoms with E-state index in [9.17, 15) is 18.0 Å². The summed E-state index contributed by atoms with van der Waals surface area (Å²) in [6, 6.07) is 13.6.